The normalized spacial score (nSPS) is 10.9. The van der Waals surface area contributed by atoms with Crippen molar-refractivity contribution in [3.05, 3.63) is 41.3 Å². The van der Waals surface area contributed by atoms with Crippen molar-refractivity contribution in [1.82, 2.24) is 15.5 Å². The number of halogens is 3. The molecule has 1 aromatic heterocycles. The molecule has 6 heteroatoms. The summed E-state index contributed by atoms with van der Waals surface area (Å²) in [5.41, 5.74) is 1.50. The number of H-pyrrole nitrogens is 1. The zero-order valence-electron chi connectivity index (χ0n) is 10.4. The number of rotatable bonds is 5. The maximum Gasteiger partial charge on any atom is 0.194 e. The van der Waals surface area contributed by atoms with E-state index in [0.717, 1.165) is 30.7 Å². The molecular formula is C13H14F3N3. The number of benzene rings is 1. The molecule has 102 valence electrons. The van der Waals surface area contributed by atoms with Crippen LogP contribution in [0, 0.1) is 17.5 Å². The molecule has 0 atom stereocenters. The largest absolute Gasteiger partial charge is 0.313 e. The van der Waals surface area contributed by atoms with Crippen LogP contribution < -0.4 is 5.32 Å². The first kappa shape index (κ1) is 13.6. The van der Waals surface area contributed by atoms with E-state index in [0.29, 0.717) is 12.2 Å². The Labute approximate surface area is 108 Å². The summed E-state index contributed by atoms with van der Waals surface area (Å²) in [7, 11) is 0. The van der Waals surface area contributed by atoms with Gasteiger partial charge in [0.2, 0.25) is 0 Å². The van der Waals surface area contributed by atoms with Crippen molar-refractivity contribution in [3.8, 4) is 11.3 Å². The van der Waals surface area contributed by atoms with Crippen LogP contribution in [0.2, 0.25) is 0 Å². The summed E-state index contributed by atoms with van der Waals surface area (Å²) in [6, 6.07) is 1.91. The Morgan fingerprint density at radius 3 is 2.53 bits per heavy atom. The van der Waals surface area contributed by atoms with Gasteiger partial charge in [0.05, 0.1) is 11.9 Å². The molecule has 1 heterocycles. The molecule has 0 unspecified atom stereocenters. The molecule has 3 nitrogen and oxygen atoms in total. The number of nitrogens with one attached hydrogen (secondary N) is 2. The van der Waals surface area contributed by atoms with E-state index in [9.17, 15) is 13.2 Å². The molecule has 0 aliphatic carbocycles. The first-order valence-electron chi connectivity index (χ1n) is 6.01. The van der Waals surface area contributed by atoms with Gasteiger partial charge in [0, 0.05) is 17.7 Å². The van der Waals surface area contributed by atoms with Gasteiger partial charge in [0.15, 0.2) is 17.5 Å². The highest BCUT2D eigenvalue weighted by Gasteiger charge is 2.14. The Bertz CT molecular complexity index is 543. The van der Waals surface area contributed by atoms with Crippen molar-refractivity contribution in [3.63, 3.8) is 0 Å². The van der Waals surface area contributed by atoms with Crippen molar-refractivity contribution in [2.45, 2.75) is 19.9 Å². The molecule has 0 saturated heterocycles. The van der Waals surface area contributed by atoms with Gasteiger partial charge in [-0.15, -0.1) is 0 Å². The van der Waals surface area contributed by atoms with Gasteiger partial charge in [-0.3, -0.25) is 5.10 Å². The third-order valence-corrected chi connectivity index (χ3v) is 2.73. The molecule has 2 rings (SSSR count). The number of hydrogen-bond donors (Lipinski definition) is 2. The third kappa shape index (κ3) is 2.96. The maximum absolute atomic E-state index is 13.2. The van der Waals surface area contributed by atoms with Crippen LogP contribution in [0.4, 0.5) is 13.2 Å². The van der Waals surface area contributed by atoms with Gasteiger partial charge in [-0.1, -0.05) is 6.92 Å². The van der Waals surface area contributed by atoms with Crippen LogP contribution in [-0.4, -0.2) is 16.7 Å². The molecule has 0 saturated carbocycles. The summed E-state index contributed by atoms with van der Waals surface area (Å²) >= 11 is 0. The van der Waals surface area contributed by atoms with Crippen molar-refractivity contribution in [1.29, 1.82) is 0 Å². The number of aromatic amines is 1. The fraction of sp³-hybridized carbons (Fsp3) is 0.308. The van der Waals surface area contributed by atoms with E-state index in [4.69, 9.17) is 0 Å². The Morgan fingerprint density at radius 1 is 1.21 bits per heavy atom. The van der Waals surface area contributed by atoms with Crippen LogP contribution in [0.15, 0.2) is 18.3 Å². The molecule has 0 amide bonds. The lowest BCUT2D eigenvalue weighted by Crippen LogP contribution is -2.13. The Morgan fingerprint density at radius 2 is 1.89 bits per heavy atom. The second-order valence-corrected chi connectivity index (χ2v) is 4.20. The molecule has 1 aromatic carbocycles. The van der Waals surface area contributed by atoms with Crippen LogP contribution in [0.5, 0.6) is 0 Å². The van der Waals surface area contributed by atoms with Crippen molar-refractivity contribution >= 4 is 0 Å². The summed E-state index contributed by atoms with van der Waals surface area (Å²) in [4.78, 5) is 0. The number of aromatic nitrogens is 2. The van der Waals surface area contributed by atoms with Crippen molar-refractivity contribution < 1.29 is 13.2 Å². The van der Waals surface area contributed by atoms with E-state index in [1.54, 1.807) is 6.20 Å². The minimum atomic E-state index is -1.46. The highest BCUT2D eigenvalue weighted by atomic mass is 19.2. The van der Waals surface area contributed by atoms with Gasteiger partial charge in [-0.05, 0) is 25.1 Å². The second-order valence-electron chi connectivity index (χ2n) is 4.20. The van der Waals surface area contributed by atoms with E-state index < -0.39 is 17.5 Å². The van der Waals surface area contributed by atoms with E-state index in [2.05, 4.69) is 15.5 Å². The minimum absolute atomic E-state index is 0.238. The van der Waals surface area contributed by atoms with Gasteiger partial charge >= 0.3 is 0 Å². The average Bonchev–Trinajstić information content (AvgIpc) is 2.84. The van der Waals surface area contributed by atoms with Gasteiger partial charge in [-0.2, -0.15) is 5.10 Å². The van der Waals surface area contributed by atoms with Crippen LogP contribution in [0.3, 0.4) is 0 Å². The van der Waals surface area contributed by atoms with Crippen LogP contribution in [0.25, 0.3) is 11.3 Å². The fourth-order valence-corrected chi connectivity index (χ4v) is 1.79. The molecular weight excluding hydrogens is 255 g/mol. The third-order valence-electron chi connectivity index (χ3n) is 2.73. The highest BCUT2D eigenvalue weighted by molar-refractivity contribution is 5.62. The molecule has 2 N–H and O–H groups in total. The second kappa shape index (κ2) is 5.88. The minimum Gasteiger partial charge on any atom is -0.313 e. The van der Waals surface area contributed by atoms with Gasteiger partial charge in [0.25, 0.3) is 0 Å². The Kier molecular flexibility index (Phi) is 4.21. The summed E-state index contributed by atoms with van der Waals surface area (Å²) < 4.78 is 39.3. The van der Waals surface area contributed by atoms with E-state index in [1.165, 1.54) is 0 Å². The van der Waals surface area contributed by atoms with Gasteiger partial charge < -0.3 is 5.32 Å². The zero-order chi connectivity index (χ0) is 13.8. The zero-order valence-corrected chi connectivity index (χ0v) is 10.4. The monoisotopic (exact) mass is 269 g/mol. The Balaban J connectivity index is 2.29. The quantitative estimate of drug-likeness (QED) is 0.647. The number of nitrogens with zero attached hydrogens (tertiary/aromatic N) is 1. The van der Waals surface area contributed by atoms with E-state index in [-0.39, 0.29) is 5.56 Å². The molecule has 2 aromatic rings. The smallest absolute Gasteiger partial charge is 0.194 e. The molecule has 0 radical (unpaired) electrons. The lowest BCUT2D eigenvalue weighted by Gasteiger charge is -2.06. The fourth-order valence-electron chi connectivity index (χ4n) is 1.79. The maximum atomic E-state index is 13.2. The van der Waals surface area contributed by atoms with E-state index in [1.807, 2.05) is 6.92 Å². The van der Waals surface area contributed by atoms with Crippen molar-refractivity contribution in [2.75, 3.05) is 6.54 Å². The summed E-state index contributed by atoms with van der Waals surface area (Å²) in [5, 5.41) is 9.70. The number of hydrogen-bond acceptors (Lipinski definition) is 2. The van der Waals surface area contributed by atoms with Crippen LogP contribution in [0.1, 0.15) is 18.9 Å². The molecule has 0 spiro atoms. The summed E-state index contributed by atoms with van der Waals surface area (Å²) in [6.45, 7) is 3.39. The Hall–Kier alpha value is -1.82. The molecule has 0 aliphatic heterocycles. The van der Waals surface area contributed by atoms with Gasteiger partial charge in [0.1, 0.15) is 0 Å². The van der Waals surface area contributed by atoms with Gasteiger partial charge in [-0.25, -0.2) is 13.2 Å². The molecule has 0 aliphatic rings. The van der Waals surface area contributed by atoms with Crippen LogP contribution in [-0.2, 0) is 6.54 Å². The lowest BCUT2D eigenvalue weighted by atomic mass is 10.1. The van der Waals surface area contributed by atoms with E-state index >= 15 is 0 Å². The first-order valence-corrected chi connectivity index (χ1v) is 6.01. The highest BCUT2D eigenvalue weighted by Crippen LogP contribution is 2.24. The molecule has 0 fully saturated rings. The summed E-state index contributed by atoms with van der Waals surface area (Å²) in [6.07, 6.45) is 2.56. The standard InChI is InChI=1S/C13H14F3N3/c1-2-3-17-6-9-7-18-19-13(9)8-4-10(14)12(16)11(15)5-8/h4-5,7,17H,2-3,6H2,1H3,(H,18,19). The topological polar surface area (TPSA) is 40.7 Å². The molecule has 19 heavy (non-hydrogen) atoms. The summed E-state index contributed by atoms with van der Waals surface area (Å²) in [5.74, 6) is -3.89. The molecule has 0 bridgehead atoms. The van der Waals surface area contributed by atoms with Crippen molar-refractivity contribution in [2.24, 2.45) is 0 Å². The first-order chi connectivity index (χ1) is 9.13. The predicted molar refractivity (Wildman–Crippen MR) is 65.9 cm³/mol. The average molecular weight is 269 g/mol. The predicted octanol–water partition coefficient (Wildman–Crippen LogP) is 2.99. The SMILES string of the molecule is CCCNCc1cn[nH]c1-c1cc(F)c(F)c(F)c1. The lowest BCUT2D eigenvalue weighted by molar-refractivity contribution is 0.447. The van der Waals surface area contributed by atoms with Crippen LogP contribution >= 0.6 is 0 Å².